The number of fused-ring (bicyclic) bond motifs is 9. The summed E-state index contributed by atoms with van der Waals surface area (Å²) >= 11 is 0. The highest BCUT2D eigenvalue weighted by Gasteiger charge is 2.51. The van der Waals surface area contributed by atoms with Crippen LogP contribution in [0.25, 0.3) is 128 Å². The minimum atomic E-state index is -0.230. The van der Waals surface area contributed by atoms with Crippen molar-refractivity contribution in [2.45, 2.75) is 44.2 Å². The maximum absolute atomic E-state index is 2.93. The number of nitrogens with zero attached hydrogens (tertiary/aromatic N) is 4. The molecule has 0 radical (unpaired) electrons. The van der Waals surface area contributed by atoms with E-state index in [0.29, 0.717) is 12.1 Å². The van der Waals surface area contributed by atoms with Crippen molar-refractivity contribution in [1.29, 1.82) is 0 Å². The van der Waals surface area contributed by atoms with Crippen LogP contribution < -0.4 is 31.1 Å². The molecule has 3 aliphatic heterocycles. The molecule has 0 N–H and O–H groups in total. The molecule has 2 aliphatic carbocycles. The van der Waals surface area contributed by atoms with Crippen molar-refractivity contribution >= 4 is 84.7 Å². The van der Waals surface area contributed by atoms with Crippen molar-refractivity contribution < 1.29 is 0 Å². The van der Waals surface area contributed by atoms with E-state index in [-0.39, 0.29) is 6.71 Å². The lowest BCUT2D eigenvalue weighted by Gasteiger charge is -2.46. The van der Waals surface area contributed by atoms with Crippen molar-refractivity contribution in [3.63, 3.8) is 0 Å². The Labute approximate surface area is 643 Å². The topological polar surface area (TPSA) is 14.7 Å². The predicted octanol–water partition coefficient (Wildman–Crippen LogP) is 25.6. The molecule has 3 bridgehead atoms. The quantitative estimate of drug-likeness (QED) is 0.107. The lowest BCUT2D eigenvalue weighted by atomic mass is 9.33. The van der Waals surface area contributed by atoms with Crippen LogP contribution in [0.4, 0.5) is 39.8 Å². The van der Waals surface area contributed by atoms with Gasteiger partial charge in [0.2, 0.25) is 0 Å². The van der Waals surface area contributed by atoms with Gasteiger partial charge in [-0.3, -0.25) is 0 Å². The minimum Gasteiger partial charge on any atom is -0.365 e. The summed E-state index contributed by atoms with van der Waals surface area (Å²) in [4.78, 5) is 8.45. The zero-order valence-corrected chi connectivity index (χ0v) is 61.1. The second-order valence-corrected chi connectivity index (χ2v) is 31.0. The van der Waals surface area contributed by atoms with E-state index in [0.717, 1.165) is 113 Å². The van der Waals surface area contributed by atoms with Gasteiger partial charge in [-0.1, -0.05) is 297 Å². The van der Waals surface area contributed by atoms with E-state index in [4.69, 9.17) is 0 Å². The summed E-state index contributed by atoms with van der Waals surface area (Å²) in [7, 11) is 0. The van der Waals surface area contributed by atoms with E-state index >= 15 is 0 Å². The van der Waals surface area contributed by atoms with Gasteiger partial charge in [0.05, 0.1) is 22.4 Å². The molecule has 22 rings (SSSR count). The van der Waals surface area contributed by atoms with E-state index in [1.54, 1.807) is 0 Å². The molecule has 4 unspecified atom stereocenters. The molecule has 520 valence electrons. The normalized spacial score (nSPS) is 16.5. The summed E-state index contributed by atoms with van der Waals surface area (Å²) in [6, 6.07) is 146. The van der Waals surface area contributed by atoms with E-state index in [2.05, 4.69) is 401 Å². The summed E-state index contributed by atoms with van der Waals surface area (Å²) in [6.45, 7) is -0.230. The molecule has 2 saturated carbocycles. The van der Waals surface area contributed by atoms with Crippen LogP contribution in [-0.2, 0) is 0 Å². The lowest BCUT2D eigenvalue weighted by molar-refractivity contribution is 0.222. The van der Waals surface area contributed by atoms with Crippen molar-refractivity contribution in [2.75, 3.05) is 14.7 Å². The molecule has 110 heavy (non-hydrogen) atoms. The maximum Gasteiger partial charge on any atom is 0.252 e. The average molecular weight is 1410 g/mol. The molecule has 5 heteroatoms. The Morgan fingerprint density at radius 3 is 0.991 bits per heavy atom. The van der Waals surface area contributed by atoms with Crippen molar-refractivity contribution in [3.05, 3.63) is 382 Å². The van der Waals surface area contributed by atoms with Gasteiger partial charge in [0.1, 0.15) is 0 Å². The first-order valence-electron chi connectivity index (χ1n) is 39.3. The number of hydrogen-bond acceptors (Lipinski definition) is 3. The number of rotatable bonds is 13. The first kappa shape index (κ1) is 64.0. The molecule has 4 nitrogen and oxygen atoms in total. The Morgan fingerprint density at radius 1 is 0.255 bits per heavy atom. The lowest BCUT2D eigenvalue weighted by Crippen LogP contribution is -2.61. The van der Waals surface area contributed by atoms with Crippen molar-refractivity contribution in [3.8, 4) is 106 Å². The average Bonchev–Trinajstić information content (AvgIpc) is 0.707. The molecule has 0 amide bonds. The monoisotopic (exact) mass is 1400 g/mol. The Kier molecular flexibility index (Phi) is 15.3. The van der Waals surface area contributed by atoms with Crippen LogP contribution in [0.15, 0.2) is 382 Å². The van der Waals surface area contributed by atoms with E-state index < -0.39 is 0 Å². The first-order chi connectivity index (χ1) is 54.5. The molecule has 3 fully saturated rings. The Bertz CT molecular complexity index is 6170. The molecule has 4 heterocycles. The van der Waals surface area contributed by atoms with Gasteiger partial charge in [-0.05, 0) is 223 Å². The highest BCUT2D eigenvalue weighted by atomic mass is 15.2. The SMILES string of the molecule is c1ccc(-c2cc(-c3ccccc3)c(N3c4cc(N5C6CC7CCC5C(C7)C6)ccc4B4c5ccc(-n6c7ccc(-c8ccccc8)cc7c7cc(-c8ccccc8)ccc76)cc5N(c5c(-c6ccccc6)cc(-c6ccccc6)cc5-c5ccccc5)c5cc(-c6ccccc6)cc3c54)c(-c3ccccc3)c2)cc1. The maximum atomic E-state index is 2.93. The van der Waals surface area contributed by atoms with Crippen LogP contribution in [0.5, 0.6) is 0 Å². The fraction of sp³-hybridized carbons (Fsp3) is 0.0857. The van der Waals surface area contributed by atoms with E-state index in [1.165, 1.54) is 115 Å². The van der Waals surface area contributed by atoms with Gasteiger partial charge < -0.3 is 19.3 Å². The smallest absolute Gasteiger partial charge is 0.252 e. The molecule has 4 atom stereocenters. The van der Waals surface area contributed by atoms with Crippen LogP contribution in [0, 0.1) is 11.8 Å². The summed E-state index contributed by atoms with van der Waals surface area (Å²) in [5.41, 5.74) is 36.3. The van der Waals surface area contributed by atoms with Gasteiger partial charge in [-0.25, -0.2) is 0 Å². The van der Waals surface area contributed by atoms with Gasteiger partial charge in [0.15, 0.2) is 0 Å². The number of benzene rings is 16. The number of aromatic nitrogens is 1. The second-order valence-electron chi connectivity index (χ2n) is 31.0. The van der Waals surface area contributed by atoms with Crippen LogP contribution in [0.3, 0.4) is 0 Å². The van der Waals surface area contributed by atoms with Gasteiger partial charge in [-0.2, -0.15) is 0 Å². The van der Waals surface area contributed by atoms with Gasteiger partial charge in [-0.15, -0.1) is 0 Å². The third-order valence-corrected chi connectivity index (χ3v) is 24.9. The zero-order chi connectivity index (χ0) is 72.3. The highest BCUT2D eigenvalue weighted by molar-refractivity contribution is 7.00. The summed E-state index contributed by atoms with van der Waals surface area (Å²) in [6.07, 6.45) is 6.46. The summed E-state index contributed by atoms with van der Waals surface area (Å²) in [5.74, 6) is 1.52. The third kappa shape index (κ3) is 10.7. The van der Waals surface area contributed by atoms with Crippen LogP contribution >= 0.6 is 0 Å². The Hall–Kier alpha value is -13.2. The van der Waals surface area contributed by atoms with Crippen molar-refractivity contribution in [1.82, 2.24) is 4.57 Å². The third-order valence-electron chi connectivity index (χ3n) is 24.9. The Morgan fingerprint density at radius 2 is 0.600 bits per heavy atom. The minimum absolute atomic E-state index is 0.230. The van der Waals surface area contributed by atoms with Crippen molar-refractivity contribution in [2.24, 2.45) is 11.8 Å². The number of hydrogen-bond donors (Lipinski definition) is 0. The van der Waals surface area contributed by atoms with Crippen LogP contribution in [0.1, 0.15) is 32.1 Å². The second kappa shape index (κ2) is 26.3. The largest absolute Gasteiger partial charge is 0.365 e. The molecular weight excluding hydrogens is 1330 g/mol. The standard InChI is InChI=1S/C105H77BN4/c1-10-28-70(29-11-1)79-47-54-97-92(59-79)93-60-80(71-30-12-2-13-31-71)48-55-98(93)108(97)86-50-52-95-100(68-86)110(105-90(77-42-24-8-25-43-77)63-82(73-34-16-4-17-35-73)64-91(105)78-44-26-9-27-45-78)102-66-83(74-36-18-5-19-37-74)65-101-103(102)106(95)94-51-49-85(107-87-57-69-46-53-96(107)84(56-69)58-87)67-99(94)109(101)104-88(75-38-20-6-21-39-75)61-81(72-32-14-3-15-33-72)62-89(104)76-40-22-7-23-41-76/h1-45,47-52,54-55,59-69,84,87,96H,46,53,56-58H2. The Balaban J connectivity index is 0.893. The molecule has 16 aromatic carbocycles. The zero-order valence-electron chi connectivity index (χ0n) is 61.1. The van der Waals surface area contributed by atoms with E-state index in [1.807, 2.05) is 0 Å². The molecule has 5 aliphatic rings. The van der Waals surface area contributed by atoms with Gasteiger partial charge in [0.25, 0.3) is 6.71 Å². The fourth-order valence-corrected chi connectivity index (χ4v) is 20.1. The summed E-state index contributed by atoms with van der Waals surface area (Å²) in [5, 5.41) is 2.42. The molecule has 1 aromatic heterocycles. The highest BCUT2D eigenvalue weighted by Crippen LogP contribution is 2.58. The van der Waals surface area contributed by atoms with Gasteiger partial charge in [0, 0.05) is 79.2 Å². The fourth-order valence-electron chi connectivity index (χ4n) is 20.1. The molecule has 1 saturated heterocycles. The van der Waals surface area contributed by atoms with Crippen LogP contribution in [0.2, 0.25) is 0 Å². The van der Waals surface area contributed by atoms with E-state index in [9.17, 15) is 0 Å². The summed E-state index contributed by atoms with van der Waals surface area (Å²) < 4.78 is 2.56. The predicted molar refractivity (Wildman–Crippen MR) is 464 cm³/mol. The molecule has 0 spiro atoms. The van der Waals surface area contributed by atoms with Crippen LogP contribution in [-0.4, -0.2) is 23.4 Å². The number of anilines is 7. The van der Waals surface area contributed by atoms with Gasteiger partial charge >= 0.3 is 0 Å². The molecule has 17 aromatic rings. The molecular formula is C105H77BN4. The first-order valence-corrected chi connectivity index (χ1v) is 39.3.